The fourth-order valence-electron chi connectivity index (χ4n) is 4.03. The Morgan fingerprint density at radius 2 is 1.95 bits per heavy atom. The first-order valence-corrected chi connectivity index (χ1v) is 11.7. The molecular formula is C26H25F4N5O4. The molecule has 1 aliphatic rings. The first-order chi connectivity index (χ1) is 18.5. The van der Waals surface area contributed by atoms with Crippen molar-refractivity contribution >= 4 is 28.9 Å². The number of aromatic nitrogens is 1. The summed E-state index contributed by atoms with van der Waals surface area (Å²) in [4.78, 5) is 29.7. The standard InChI is InChI=1S/C26H25F4N5O4/c1-38-19-4-5-22(20(10-19)26(28,29)30)34-18-3-2-15(21(27)9-18)12-33-24(37)25(6-7-39-14-25)35-23(36)16-8-17(31)13-32-11-16/h2-5,8-11,13,34H,6-7,12,14,31H2,1H3,(H,33,37)(H,35,36). The summed E-state index contributed by atoms with van der Waals surface area (Å²) in [5.41, 5.74) is 3.63. The molecule has 2 amide bonds. The fourth-order valence-corrected chi connectivity index (χ4v) is 4.03. The van der Waals surface area contributed by atoms with Crippen LogP contribution in [0, 0.1) is 5.82 Å². The summed E-state index contributed by atoms with van der Waals surface area (Å²) in [5.74, 6) is -1.89. The summed E-state index contributed by atoms with van der Waals surface area (Å²) in [7, 11) is 1.25. The van der Waals surface area contributed by atoms with Crippen LogP contribution in [0.3, 0.4) is 0 Å². The van der Waals surface area contributed by atoms with E-state index in [0.29, 0.717) is 0 Å². The van der Waals surface area contributed by atoms with Crippen molar-refractivity contribution in [1.82, 2.24) is 15.6 Å². The second-order valence-corrected chi connectivity index (χ2v) is 8.87. The molecule has 5 N–H and O–H groups in total. The number of nitrogen functional groups attached to an aromatic ring is 1. The number of ether oxygens (including phenoxy) is 2. The van der Waals surface area contributed by atoms with E-state index in [4.69, 9.17) is 15.2 Å². The normalized spacial score (nSPS) is 16.9. The summed E-state index contributed by atoms with van der Waals surface area (Å²) in [6.07, 6.45) is -1.80. The maximum absolute atomic E-state index is 14.9. The number of pyridine rings is 1. The zero-order valence-corrected chi connectivity index (χ0v) is 20.7. The molecule has 2 aromatic carbocycles. The van der Waals surface area contributed by atoms with Gasteiger partial charge in [0.2, 0.25) is 5.91 Å². The van der Waals surface area contributed by atoms with Gasteiger partial charge in [0.05, 0.1) is 36.2 Å². The Bertz CT molecular complexity index is 1380. The third-order valence-corrected chi connectivity index (χ3v) is 6.13. The highest BCUT2D eigenvalue weighted by molar-refractivity contribution is 5.99. The van der Waals surface area contributed by atoms with Crippen molar-refractivity contribution in [3.63, 3.8) is 0 Å². The van der Waals surface area contributed by atoms with Crippen LogP contribution in [0.2, 0.25) is 0 Å². The van der Waals surface area contributed by atoms with Crippen LogP contribution < -0.4 is 26.4 Å². The molecule has 1 saturated heterocycles. The molecule has 0 bridgehead atoms. The molecule has 3 aromatic rings. The number of carbonyl (C=O) groups is 2. The average Bonchev–Trinajstić information content (AvgIpc) is 3.37. The zero-order chi connectivity index (χ0) is 28.2. The number of carbonyl (C=O) groups excluding carboxylic acids is 2. The Hall–Kier alpha value is -4.39. The molecule has 1 aromatic heterocycles. The van der Waals surface area contributed by atoms with Crippen LogP contribution in [-0.2, 0) is 22.3 Å². The van der Waals surface area contributed by atoms with E-state index in [2.05, 4.69) is 20.9 Å². The lowest BCUT2D eigenvalue weighted by Crippen LogP contribution is -2.59. The quantitative estimate of drug-likeness (QED) is 0.316. The van der Waals surface area contributed by atoms with Gasteiger partial charge in [-0.25, -0.2) is 4.39 Å². The van der Waals surface area contributed by atoms with Crippen LogP contribution in [0.25, 0.3) is 0 Å². The third-order valence-electron chi connectivity index (χ3n) is 6.13. The van der Waals surface area contributed by atoms with Gasteiger partial charge >= 0.3 is 6.18 Å². The van der Waals surface area contributed by atoms with Crippen LogP contribution >= 0.6 is 0 Å². The molecule has 0 aliphatic carbocycles. The topological polar surface area (TPSA) is 128 Å². The molecule has 0 spiro atoms. The van der Waals surface area contributed by atoms with Gasteiger partial charge < -0.3 is 31.2 Å². The van der Waals surface area contributed by atoms with Crippen LogP contribution in [0.15, 0.2) is 54.9 Å². The molecule has 4 rings (SSSR count). The van der Waals surface area contributed by atoms with Gasteiger partial charge in [0.25, 0.3) is 5.91 Å². The van der Waals surface area contributed by atoms with Gasteiger partial charge in [-0.05, 0) is 36.4 Å². The minimum Gasteiger partial charge on any atom is -0.497 e. The molecule has 206 valence electrons. The summed E-state index contributed by atoms with van der Waals surface area (Å²) in [6, 6.07) is 8.54. The van der Waals surface area contributed by atoms with Crippen molar-refractivity contribution in [1.29, 1.82) is 0 Å². The van der Waals surface area contributed by atoms with Gasteiger partial charge in [0.15, 0.2) is 0 Å². The molecule has 0 saturated carbocycles. The molecule has 0 radical (unpaired) electrons. The van der Waals surface area contributed by atoms with E-state index in [-0.39, 0.29) is 60.1 Å². The van der Waals surface area contributed by atoms with Gasteiger partial charge in [-0.15, -0.1) is 0 Å². The van der Waals surface area contributed by atoms with Gasteiger partial charge in [0, 0.05) is 43.2 Å². The molecule has 39 heavy (non-hydrogen) atoms. The monoisotopic (exact) mass is 547 g/mol. The van der Waals surface area contributed by atoms with Crippen LogP contribution in [-0.4, -0.2) is 42.7 Å². The van der Waals surface area contributed by atoms with Crippen molar-refractivity contribution < 1.29 is 36.6 Å². The highest BCUT2D eigenvalue weighted by Crippen LogP contribution is 2.38. The Labute approximate surface area is 220 Å². The second kappa shape index (κ2) is 11.2. The largest absolute Gasteiger partial charge is 0.497 e. The predicted octanol–water partition coefficient (Wildman–Crippen LogP) is 3.78. The second-order valence-electron chi connectivity index (χ2n) is 8.87. The minimum atomic E-state index is -4.67. The zero-order valence-electron chi connectivity index (χ0n) is 20.7. The highest BCUT2D eigenvalue weighted by Gasteiger charge is 2.44. The number of amides is 2. The number of rotatable bonds is 8. The smallest absolute Gasteiger partial charge is 0.418 e. The van der Waals surface area contributed by atoms with E-state index in [1.165, 1.54) is 49.8 Å². The van der Waals surface area contributed by atoms with E-state index in [0.717, 1.165) is 12.1 Å². The number of nitrogens with two attached hydrogens (primary N) is 1. The Morgan fingerprint density at radius 1 is 1.15 bits per heavy atom. The van der Waals surface area contributed by atoms with Crippen LogP contribution in [0.4, 0.5) is 34.6 Å². The number of alkyl halides is 3. The number of nitrogens with one attached hydrogen (secondary N) is 3. The number of anilines is 3. The van der Waals surface area contributed by atoms with Crippen molar-refractivity contribution in [3.05, 3.63) is 77.4 Å². The maximum Gasteiger partial charge on any atom is 0.418 e. The van der Waals surface area contributed by atoms with E-state index in [1.54, 1.807) is 0 Å². The first-order valence-electron chi connectivity index (χ1n) is 11.7. The lowest BCUT2D eigenvalue weighted by Gasteiger charge is -2.27. The number of hydrogen-bond donors (Lipinski definition) is 4. The lowest BCUT2D eigenvalue weighted by molar-refractivity contribution is -0.137. The average molecular weight is 548 g/mol. The van der Waals surface area contributed by atoms with Gasteiger partial charge in [-0.3, -0.25) is 14.6 Å². The van der Waals surface area contributed by atoms with E-state index >= 15 is 0 Å². The molecule has 1 unspecified atom stereocenters. The van der Waals surface area contributed by atoms with E-state index in [1.807, 2.05) is 0 Å². The Morgan fingerprint density at radius 3 is 2.59 bits per heavy atom. The number of benzene rings is 2. The van der Waals surface area contributed by atoms with Crippen molar-refractivity contribution in [2.75, 3.05) is 31.4 Å². The maximum atomic E-state index is 14.9. The molecule has 1 atom stereocenters. The van der Waals surface area contributed by atoms with E-state index < -0.39 is 34.9 Å². The van der Waals surface area contributed by atoms with E-state index in [9.17, 15) is 27.2 Å². The van der Waals surface area contributed by atoms with Crippen molar-refractivity contribution in [3.8, 4) is 5.75 Å². The number of methoxy groups -OCH3 is 1. The fraction of sp³-hybridized carbons (Fsp3) is 0.269. The summed E-state index contributed by atoms with van der Waals surface area (Å²) in [6.45, 7) is -0.101. The highest BCUT2D eigenvalue weighted by atomic mass is 19.4. The van der Waals surface area contributed by atoms with Gasteiger partial charge in [0.1, 0.15) is 17.1 Å². The Kier molecular flexibility index (Phi) is 7.90. The van der Waals surface area contributed by atoms with Gasteiger partial charge in [-0.2, -0.15) is 13.2 Å². The SMILES string of the molecule is COc1ccc(Nc2ccc(CNC(=O)C3(NC(=O)c4cncc(N)c4)CCOC3)c(F)c2)c(C(F)(F)F)c1. The molecule has 13 heteroatoms. The number of nitrogens with zero attached hydrogens (tertiary/aromatic N) is 1. The van der Waals surface area contributed by atoms with Gasteiger partial charge in [-0.1, -0.05) is 6.07 Å². The molecule has 9 nitrogen and oxygen atoms in total. The molecule has 1 fully saturated rings. The minimum absolute atomic E-state index is 0.0244. The van der Waals surface area contributed by atoms with Crippen molar-refractivity contribution in [2.45, 2.75) is 24.7 Å². The molecule has 1 aliphatic heterocycles. The lowest BCUT2D eigenvalue weighted by atomic mass is 9.96. The number of halogens is 4. The number of hydrogen-bond acceptors (Lipinski definition) is 7. The summed E-state index contributed by atoms with van der Waals surface area (Å²) >= 11 is 0. The molecule has 2 heterocycles. The third kappa shape index (κ3) is 6.37. The first kappa shape index (κ1) is 27.6. The predicted molar refractivity (Wildman–Crippen MR) is 134 cm³/mol. The van der Waals surface area contributed by atoms with Crippen LogP contribution in [0.1, 0.15) is 27.9 Å². The Balaban J connectivity index is 1.45. The van der Waals surface area contributed by atoms with Crippen molar-refractivity contribution in [2.24, 2.45) is 0 Å². The molecular weight excluding hydrogens is 522 g/mol. The summed E-state index contributed by atoms with van der Waals surface area (Å²) in [5, 5.41) is 7.85. The summed E-state index contributed by atoms with van der Waals surface area (Å²) < 4.78 is 65.5. The van der Waals surface area contributed by atoms with Crippen LogP contribution in [0.5, 0.6) is 5.75 Å².